The molecule has 0 aliphatic carbocycles. The predicted molar refractivity (Wildman–Crippen MR) is 107 cm³/mol. The zero-order valence-corrected chi connectivity index (χ0v) is 16.0. The Labute approximate surface area is 163 Å². The van der Waals surface area contributed by atoms with Crippen molar-refractivity contribution in [2.75, 3.05) is 17.7 Å². The van der Waals surface area contributed by atoms with E-state index < -0.39 is 28.3 Å². The van der Waals surface area contributed by atoms with Gasteiger partial charge in [0.1, 0.15) is 0 Å². The summed E-state index contributed by atoms with van der Waals surface area (Å²) in [5.41, 5.74) is 0.497. The molecule has 0 aromatic heterocycles. The van der Waals surface area contributed by atoms with Crippen LogP contribution in [0.5, 0.6) is 0 Å². The highest BCUT2D eigenvalue weighted by molar-refractivity contribution is 7.91. The Morgan fingerprint density at radius 2 is 1.61 bits per heavy atom. The molecule has 7 heteroatoms. The van der Waals surface area contributed by atoms with Crippen molar-refractivity contribution in [3.63, 3.8) is 0 Å². The molecule has 3 aromatic rings. The van der Waals surface area contributed by atoms with E-state index in [0.29, 0.717) is 5.69 Å². The van der Waals surface area contributed by atoms with Crippen molar-refractivity contribution in [2.24, 2.45) is 0 Å². The fraction of sp³-hybridized carbons (Fsp3) is 0.143. The summed E-state index contributed by atoms with van der Waals surface area (Å²) in [5.74, 6) is -1.51. The summed E-state index contributed by atoms with van der Waals surface area (Å²) in [7, 11) is -3.58. The van der Waals surface area contributed by atoms with Crippen LogP contribution in [0.25, 0.3) is 10.8 Å². The molecule has 0 saturated carbocycles. The normalized spacial score (nSPS) is 11.2. The predicted octanol–water partition coefficient (Wildman–Crippen LogP) is 3.43. The second kappa shape index (κ2) is 8.22. The highest BCUT2D eigenvalue weighted by Gasteiger charge is 2.22. The molecule has 3 rings (SSSR count). The van der Waals surface area contributed by atoms with Crippen molar-refractivity contribution < 1.29 is 22.7 Å². The van der Waals surface area contributed by atoms with Crippen LogP contribution in [0.2, 0.25) is 0 Å². The van der Waals surface area contributed by atoms with Gasteiger partial charge in [-0.2, -0.15) is 0 Å². The summed E-state index contributed by atoms with van der Waals surface area (Å²) in [5, 5.41) is 4.67. The fourth-order valence-corrected chi connectivity index (χ4v) is 3.82. The summed E-state index contributed by atoms with van der Waals surface area (Å²) >= 11 is 0. The zero-order valence-electron chi connectivity index (χ0n) is 15.2. The molecule has 0 bridgehead atoms. The second-order valence-electron chi connectivity index (χ2n) is 6.09. The quantitative estimate of drug-likeness (QED) is 0.644. The SMILES string of the molecule is CCS(=O)(=O)c1ccccc1C(=O)OCC(=O)Nc1ccc2ccccc2c1. The van der Waals surface area contributed by atoms with E-state index >= 15 is 0 Å². The van der Waals surface area contributed by atoms with Crippen molar-refractivity contribution in [1.29, 1.82) is 0 Å². The van der Waals surface area contributed by atoms with Gasteiger partial charge in [-0.15, -0.1) is 0 Å². The maximum atomic E-state index is 12.3. The van der Waals surface area contributed by atoms with Crippen LogP contribution in [-0.2, 0) is 19.4 Å². The number of nitrogens with one attached hydrogen (secondary N) is 1. The number of esters is 1. The summed E-state index contributed by atoms with van der Waals surface area (Å²) in [6.45, 7) is 0.973. The Hall–Kier alpha value is -3.19. The van der Waals surface area contributed by atoms with Gasteiger partial charge in [0, 0.05) is 5.69 Å². The molecule has 0 spiro atoms. The van der Waals surface area contributed by atoms with Crippen molar-refractivity contribution in [1.82, 2.24) is 0 Å². The van der Waals surface area contributed by atoms with Crippen LogP contribution < -0.4 is 5.32 Å². The number of carbonyl (C=O) groups excluding carboxylic acids is 2. The fourth-order valence-electron chi connectivity index (χ4n) is 2.73. The molecule has 3 aromatic carbocycles. The van der Waals surface area contributed by atoms with E-state index in [9.17, 15) is 18.0 Å². The van der Waals surface area contributed by atoms with Gasteiger partial charge in [0.15, 0.2) is 16.4 Å². The highest BCUT2D eigenvalue weighted by Crippen LogP contribution is 2.20. The lowest BCUT2D eigenvalue weighted by molar-refractivity contribution is -0.119. The number of rotatable bonds is 6. The number of hydrogen-bond donors (Lipinski definition) is 1. The molecule has 0 atom stereocenters. The summed E-state index contributed by atoms with van der Waals surface area (Å²) in [4.78, 5) is 24.3. The molecular weight excluding hydrogens is 378 g/mol. The van der Waals surface area contributed by atoms with Crippen LogP contribution in [0.15, 0.2) is 71.6 Å². The van der Waals surface area contributed by atoms with Crippen LogP contribution in [0.4, 0.5) is 5.69 Å². The molecule has 1 N–H and O–H groups in total. The second-order valence-corrected chi connectivity index (χ2v) is 8.33. The number of carbonyl (C=O) groups is 2. The average Bonchev–Trinajstić information content (AvgIpc) is 2.72. The first-order valence-electron chi connectivity index (χ1n) is 8.68. The van der Waals surface area contributed by atoms with E-state index in [2.05, 4.69) is 5.32 Å². The van der Waals surface area contributed by atoms with E-state index in [1.54, 1.807) is 12.1 Å². The third kappa shape index (κ3) is 4.37. The van der Waals surface area contributed by atoms with Crippen molar-refractivity contribution in [3.8, 4) is 0 Å². The molecule has 0 fully saturated rings. The molecular formula is C21H19NO5S. The summed E-state index contributed by atoms with van der Waals surface area (Å²) in [6.07, 6.45) is 0. The molecule has 1 amide bonds. The van der Waals surface area contributed by atoms with Gasteiger partial charge in [0.05, 0.1) is 16.2 Å². The van der Waals surface area contributed by atoms with E-state index in [4.69, 9.17) is 4.74 Å². The number of fused-ring (bicyclic) bond motifs is 1. The number of sulfone groups is 1. The molecule has 0 aliphatic rings. The largest absolute Gasteiger partial charge is 0.452 e. The van der Waals surface area contributed by atoms with Gasteiger partial charge < -0.3 is 10.1 Å². The lowest BCUT2D eigenvalue weighted by atomic mass is 10.1. The first-order chi connectivity index (χ1) is 13.4. The van der Waals surface area contributed by atoms with Crippen LogP contribution in [0, 0.1) is 0 Å². The molecule has 0 aliphatic heterocycles. The Balaban J connectivity index is 1.67. The maximum absolute atomic E-state index is 12.3. The van der Waals surface area contributed by atoms with E-state index in [-0.39, 0.29) is 16.2 Å². The molecule has 0 radical (unpaired) electrons. The Kier molecular flexibility index (Phi) is 5.75. The third-order valence-corrected chi connectivity index (χ3v) is 5.98. The number of amides is 1. The third-order valence-electron chi connectivity index (χ3n) is 4.19. The Morgan fingerprint density at radius 1 is 0.929 bits per heavy atom. The summed E-state index contributed by atoms with van der Waals surface area (Å²) < 4.78 is 29.3. The standard InChI is InChI=1S/C21H19NO5S/c1-2-28(25,26)19-10-6-5-9-18(19)21(24)27-14-20(23)22-17-12-11-15-7-3-4-8-16(15)13-17/h3-13H,2,14H2,1H3,(H,22,23). The smallest absolute Gasteiger partial charge is 0.339 e. The van der Waals surface area contributed by atoms with Crippen LogP contribution >= 0.6 is 0 Å². The Bertz CT molecular complexity index is 1140. The molecule has 144 valence electrons. The van der Waals surface area contributed by atoms with Crippen molar-refractivity contribution in [3.05, 3.63) is 72.3 Å². The van der Waals surface area contributed by atoms with Crippen LogP contribution in [0.1, 0.15) is 17.3 Å². The topological polar surface area (TPSA) is 89.5 Å². The van der Waals surface area contributed by atoms with Gasteiger partial charge in [0.25, 0.3) is 5.91 Å². The molecule has 0 heterocycles. The first-order valence-corrected chi connectivity index (χ1v) is 10.3. The maximum Gasteiger partial charge on any atom is 0.339 e. The van der Waals surface area contributed by atoms with Crippen LogP contribution in [0.3, 0.4) is 0 Å². The molecule has 28 heavy (non-hydrogen) atoms. The van der Waals surface area contributed by atoms with Crippen molar-refractivity contribution in [2.45, 2.75) is 11.8 Å². The minimum atomic E-state index is -3.58. The first kappa shape index (κ1) is 19.6. The Morgan fingerprint density at radius 3 is 2.36 bits per heavy atom. The highest BCUT2D eigenvalue weighted by atomic mass is 32.2. The van der Waals surface area contributed by atoms with Crippen molar-refractivity contribution >= 4 is 38.2 Å². The lowest BCUT2D eigenvalue weighted by Crippen LogP contribution is -2.22. The minimum Gasteiger partial charge on any atom is -0.452 e. The van der Waals surface area contributed by atoms with Gasteiger partial charge in [-0.05, 0) is 35.0 Å². The molecule has 6 nitrogen and oxygen atoms in total. The van der Waals surface area contributed by atoms with E-state index in [0.717, 1.165) is 10.8 Å². The van der Waals surface area contributed by atoms with E-state index in [1.165, 1.54) is 25.1 Å². The van der Waals surface area contributed by atoms with Gasteiger partial charge >= 0.3 is 5.97 Å². The average molecular weight is 397 g/mol. The minimum absolute atomic E-state index is 0.0807. The number of benzene rings is 3. The van der Waals surface area contributed by atoms with E-state index in [1.807, 2.05) is 36.4 Å². The summed E-state index contributed by atoms with van der Waals surface area (Å²) in [6, 6.07) is 19.0. The van der Waals surface area contributed by atoms with Gasteiger partial charge in [-0.25, -0.2) is 13.2 Å². The van der Waals surface area contributed by atoms with Crippen LogP contribution in [-0.4, -0.2) is 32.7 Å². The van der Waals surface area contributed by atoms with Gasteiger partial charge in [0.2, 0.25) is 0 Å². The molecule has 0 unspecified atom stereocenters. The number of anilines is 1. The zero-order chi connectivity index (χ0) is 20.1. The van der Waals surface area contributed by atoms with Gasteiger partial charge in [-0.1, -0.05) is 49.4 Å². The monoisotopic (exact) mass is 397 g/mol. The lowest BCUT2D eigenvalue weighted by Gasteiger charge is -2.10. The number of ether oxygens (including phenoxy) is 1. The van der Waals surface area contributed by atoms with Gasteiger partial charge in [-0.3, -0.25) is 4.79 Å². The number of hydrogen-bond acceptors (Lipinski definition) is 5. The molecule has 0 saturated heterocycles.